The molecule has 0 bridgehead atoms. The third-order valence-electron chi connectivity index (χ3n) is 5.38. The van der Waals surface area contributed by atoms with Crippen molar-refractivity contribution in [2.24, 2.45) is 0 Å². The molecule has 0 radical (unpaired) electrons. The van der Waals surface area contributed by atoms with Gasteiger partial charge in [0, 0.05) is 24.0 Å². The molecule has 1 heterocycles. The lowest BCUT2D eigenvalue weighted by molar-refractivity contribution is 0.112. The molecule has 0 N–H and O–H groups in total. The van der Waals surface area contributed by atoms with Gasteiger partial charge in [0.25, 0.3) is 0 Å². The summed E-state index contributed by atoms with van der Waals surface area (Å²) in [6.07, 6.45) is 2.32. The molecule has 4 nitrogen and oxygen atoms in total. The minimum atomic E-state index is -3.55. The molecule has 27 heavy (non-hydrogen) atoms. The zero-order valence-electron chi connectivity index (χ0n) is 14.9. The minimum Gasteiger partial charge on any atom is -0.298 e. The Kier molecular flexibility index (Phi) is 4.81. The molecular formula is C22H21NO3S. The number of benzene rings is 3. The van der Waals surface area contributed by atoms with Crippen LogP contribution in [0.1, 0.15) is 34.7 Å². The summed E-state index contributed by atoms with van der Waals surface area (Å²) in [5.41, 5.74) is 1.72. The van der Waals surface area contributed by atoms with E-state index in [9.17, 15) is 13.2 Å². The average molecular weight is 379 g/mol. The molecule has 3 aromatic rings. The van der Waals surface area contributed by atoms with Crippen LogP contribution in [0.4, 0.5) is 0 Å². The summed E-state index contributed by atoms with van der Waals surface area (Å²) in [7, 11) is -3.55. The van der Waals surface area contributed by atoms with Gasteiger partial charge in [0.2, 0.25) is 10.0 Å². The maximum atomic E-state index is 13.2. The van der Waals surface area contributed by atoms with Gasteiger partial charge in [-0.1, -0.05) is 60.7 Å². The first-order chi connectivity index (χ1) is 13.1. The van der Waals surface area contributed by atoms with E-state index in [0.717, 1.165) is 35.5 Å². The predicted molar refractivity (Wildman–Crippen MR) is 107 cm³/mol. The smallest absolute Gasteiger partial charge is 0.243 e. The normalized spacial score (nSPS) is 16.4. The molecule has 5 heteroatoms. The highest BCUT2D eigenvalue weighted by atomic mass is 32.2. The summed E-state index contributed by atoms with van der Waals surface area (Å²) in [5.74, 6) is 0.213. The molecule has 0 saturated carbocycles. The third-order valence-corrected chi connectivity index (χ3v) is 7.34. The van der Waals surface area contributed by atoms with Gasteiger partial charge in [0.1, 0.15) is 6.29 Å². The second kappa shape index (κ2) is 7.25. The van der Waals surface area contributed by atoms with E-state index in [2.05, 4.69) is 0 Å². The van der Waals surface area contributed by atoms with Gasteiger partial charge in [0.15, 0.2) is 0 Å². The molecule has 0 unspecified atom stereocenters. The van der Waals surface area contributed by atoms with E-state index in [0.29, 0.717) is 23.5 Å². The number of piperidine rings is 1. The zero-order valence-corrected chi connectivity index (χ0v) is 15.7. The number of rotatable bonds is 4. The minimum absolute atomic E-state index is 0.213. The van der Waals surface area contributed by atoms with Crippen LogP contribution in [0.25, 0.3) is 10.8 Å². The van der Waals surface area contributed by atoms with E-state index < -0.39 is 10.0 Å². The number of fused-ring (bicyclic) bond motifs is 1. The molecular weight excluding hydrogens is 358 g/mol. The van der Waals surface area contributed by atoms with Crippen molar-refractivity contribution in [1.29, 1.82) is 0 Å². The molecule has 0 aromatic heterocycles. The molecule has 3 aromatic carbocycles. The molecule has 4 rings (SSSR count). The van der Waals surface area contributed by atoms with Crippen LogP contribution < -0.4 is 0 Å². The Morgan fingerprint density at radius 1 is 0.852 bits per heavy atom. The highest BCUT2D eigenvalue weighted by molar-refractivity contribution is 7.89. The molecule has 1 aliphatic rings. The first kappa shape index (κ1) is 17.9. The van der Waals surface area contributed by atoms with E-state index in [1.165, 1.54) is 0 Å². The highest BCUT2D eigenvalue weighted by Crippen LogP contribution is 2.33. The fraction of sp³-hybridized carbons (Fsp3) is 0.227. The Labute approximate surface area is 159 Å². The monoisotopic (exact) mass is 379 g/mol. The second-order valence-corrected chi connectivity index (χ2v) is 8.81. The molecule has 1 aliphatic heterocycles. The molecule has 0 aliphatic carbocycles. The molecule has 138 valence electrons. The quantitative estimate of drug-likeness (QED) is 0.638. The van der Waals surface area contributed by atoms with Crippen molar-refractivity contribution in [3.8, 4) is 0 Å². The van der Waals surface area contributed by atoms with Crippen molar-refractivity contribution in [2.75, 3.05) is 13.1 Å². The van der Waals surface area contributed by atoms with Gasteiger partial charge in [-0.15, -0.1) is 0 Å². The predicted octanol–water partition coefficient (Wildman–Crippen LogP) is 4.22. The average Bonchev–Trinajstić information content (AvgIpc) is 2.73. The number of nitrogens with zero attached hydrogens (tertiary/aromatic N) is 1. The number of aldehydes is 1. The third kappa shape index (κ3) is 3.29. The van der Waals surface area contributed by atoms with Crippen molar-refractivity contribution < 1.29 is 13.2 Å². The molecule has 0 amide bonds. The molecule has 1 fully saturated rings. The molecule has 0 atom stereocenters. The van der Waals surface area contributed by atoms with E-state index in [1.54, 1.807) is 16.4 Å². The number of hydrogen-bond donors (Lipinski definition) is 0. The Morgan fingerprint density at radius 3 is 2.30 bits per heavy atom. The highest BCUT2D eigenvalue weighted by Gasteiger charge is 2.31. The van der Waals surface area contributed by atoms with Gasteiger partial charge in [-0.25, -0.2) is 8.42 Å². The SMILES string of the molecule is O=Cc1ccccc1C1CCN(S(=O)(=O)c2cccc3ccccc23)CC1. The van der Waals surface area contributed by atoms with Crippen LogP contribution >= 0.6 is 0 Å². The fourth-order valence-electron chi connectivity index (χ4n) is 3.96. The zero-order chi connectivity index (χ0) is 18.9. The largest absolute Gasteiger partial charge is 0.298 e. The summed E-state index contributed by atoms with van der Waals surface area (Å²) >= 11 is 0. The van der Waals surface area contributed by atoms with Gasteiger partial charge in [-0.05, 0) is 35.8 Å². The Morgan fingerprint density at radius 2 is 1.52 bits per heavy atom. The fourth-order valence-corrected chi connectivity index (χ4v) is 5.64. The van der Waals surface area contributed by atoms with Crippen molar-refractivity contribution in [2.45, 2.75) is 23.7 Å². The number of carbonyl (C=O) groups excluding carboxylic acids is 1. The first-order valence-corrected chi connectivity index (χ1v) is 10.6. The first-order valence-electron chi connectivity index (χ1n) is 9.13. The van der Waals surface area contributed by atoms with Crippen LogP contribution in [-0.2, 0) is 10.0 Å². The van der Waals surface area contributed by atoms with E-state index in [-0.39, 0.29) is 5.92 Å². The second-order valence-electron chi connectivity index (χ2n) is 6.90. The number of hydrogen-bond acceptors (Lipinski definition) is 3. The lowest BCUT2D eigenvalue weighted by Crippen LogP contribution is -2.38. The molecule has 0 spiro atoms. The summed E-state index contributed by atoms with van der Waals surface area (Å²) in [4.78, 5) is 11.7. The van der Waals surface area contributed by atoms with Gasteiger partial charge >= 0.3 is 0 Å². The van der Waals surface area contributed by atoms with Crippen LogP contribution in [0.5, 0.6) is 0 Å². The van der Waals surface area contributed by atoms with Crippen LogP contribution in [-0.4, -0.2) is 32.1 Å². The van der Waals surface area contributed by atoms with Crippen LogP contribution in [0, 0.1) is 0 Å². The van der Waals surface area contributed by atoms with Crippen LogP contribution in [0.2, 0.25) is 0 Å². The summed E-state index contributed by atoms with van der Waals surface area (Å²) in [6, 6.07) is 20.6. The van der Waals surface area contributed by atoms with E-state index in [4.69, 9.17) is 0 Å². The maximum absolute atomic E-state index is 13.2. The van der Waals surface area contributed by atoms with Gasteiger partial charge in [-0.3, -0.25) is 4.79 Å². The number of carbonyl (C=O) groups is 1. The lowest BCUT2D eigenvalue weighted by atomic mass is 9.87. The summed E-state index contributed by atoms with van der Waals surface area (Å²) < 4.78 is 28.1. The van der Waals surface area contributed by atoms with Gasteiger partial charge in [-0.2, -0.15) is 4.31 Å². The van der Waals surface area contributed by atoms with Gasteiger partial charge in [0.05, 0.1) is 4.90 Å². The topological polar surface area (TPSA) is 54.5 Å². The Hall–Kier alpha value is -2.50. The maximum Gasteiger partial charge on any atom is 0.243 e. The summed E-state index contributed by atoms with van der Waals surface area (Å²) in [5, 5.41) is 1.68. The lowest BCUT2D eigenvalue weighted by Gasteiger charge is -2.32. The van der Waals surface area contributed by atoms with E-state index >= 15 is 0 Å². The van der Waals surface area contributed by atoms with Crippen LogP contribution in [0.15, 0.2) is 71.6 Å². The summed E-state index contributed by atoms with van der Waals surface area (Å²) in [6.45, 7) is 0.923. The van der Waals surface area contributed by atoms with Crippen molar-refractivity contribution in [3.05, 3.63) is 77.9 Å². The van der Waals surface area contributed by atoms with Crippen molar-refractivity contribution in [1.82, 2.24) is 4.31 Å². The Bertz CT molecular complexity index is 1080. The van der Waals surface area contributed by atoms with Crippen LogP contribution in [0.3, 0.4) is 0 Å². The number of sulfonamides is 1. The van der Waals surface area contributed by atoms with Crippen molar-refractivity contribution in [3.63, 3.8) is 0 Å². The van der Waals surface area contributed by atoms with Gasteiger partial charge < -0.3 is 0 Å². The van der Waals surface area contributed by atoms with E-state index in [1.807, 2.05) is 54.6 Å². The standard InChI is InChI=1S/C22H21NO3S/c24-16-19-7-2-3-9-20(19)18-12-14-23(15-13-18)27(25,26)22-11-5-8-17-6-1-4-10-21(17)22/h1-11,16,18H,12-15H2. The molecule has 1 saturated heterocycles. The Balaban J connectivity index is 1.59. The van der Waals surface area contributed by atoms with Crippen molar-refractivity contribution >= 4 is 27.1 Å².